The highest BCUT2D eigenvalue weighted by Crippen LogP contribution is 2.57. The first-order chi connectivity index (χ1) is 11.5. The van der Waals surface area contributed by atoms with Gasteiger partial charge in [-0.05, 0) is 61.6 Å². The standard InChI is InChI=1S/C19H24ClNO3/c20-16-7-4-13(5-8-16)11-19(12-14-3-6-15(19)10-14)18(24)21-9-1-2-17(22)23/h4-5,7-8,14-15H,1-3,6,9-12H2,(H,21,24)(H,22,23). The van der Waals surface area contributed by atoms with Gasteiger partial charge in [0.15, 0.2) is 0 Å². The van der Waals surface area contributed by atoms with Gasteiger partial charge in [0.1, 0.15) is 0 Å². The molecule has 0 aromatic heterocycles. The predicted molar refractivity (Wildman–Crippen MR) is 92.9 cm³/mol. The lowest BCUT2D eigenvalue weighted by Gasteiger charge is -2.36. The minimum atomic E-state index is -0.819. The molecule has 0 saturated heterocycles. The van der Waals surface area contributed by atoms with Gasteiger partial charge in [-0.25, -0.2) is 0 Å². The van der Waals surface area contributed by atoms with Crippen LogP contribution in [0.2, 0.25) is 5.02 Å². The normalized spacial score (nSPS) is 28.0. The molecule has 130 valence electrons. The number of aliphatic carboxylic acids is 1. The maximum absolute atomic E-state index is 13.0. The topological polar surface area (TPSA) is 66.4 Å². The fraction of sp³-hybridized carbons (Fsp3) is 0.579. The molecule has 0 spiro atoms. The van der Waals surface area contributed by atoms with E-state index in [9.17, 15) is 9.59 Å². The average molecular weight is 350 g/mol. The Hall–Kier alpha value is -1.55. The SMILES string of the molecule is O=C(O)CCCNC(=O)C1(Cc2ccc(Cl)cc2)CC2CCC1C2. The molecule has 1 aromatic carbocycles. The van der Waals surface area contributed by atoms with Crippen LogP contribution in [0, 0.1) is 17.3 Å². The van der Waals surface area contributed by atoms with E-state index in [4.69, 9.17) is 16.7 Å². The van der Waals surface area contributed by atoms with Crippen molar-refractivity contribution in [2.24, 2.45) is 17.3 Å². The molecule has 24 heavy (non-hydrogen) atoms. The molecule has 0 heterocycles. The van der Waals surface area contributed by atoms with Gasteiger partial charge in [-0.2, -0.15) is 0 Å². The summed E-state index contributed by atoms with van der Waals surface area (Å²) in [5.74, 6) is 0.389. The summed E-state index contributed by atoms with van der Waals surface area (Å²) in [6, 6.07) is 7.77. The van der Waals surface area contributed by atoms with Crippen LogP contribution in [0.25, 0.3) is 0 Å². The number of carbonyl (C=O) groups excluding carboxylic acids is 1. The Morgan fingerprint density at radius 2 is 2.00 bits per heavy atom. The summed E-state index contributed by atoms with van der Waals surface area (Å²) >= 11 is 5.97. The van der Waals surface area contributed by atoms with E-state index in [1.807, 2.05) is 24.3 Å². The van der Waals surface area contributed by atoms with E-state index in [-0.39, 0.29) is 17.7 Å². The third kappa shape index (κ3) is 3.59. The van der Waals surface area contributed by atoms with Gasteiger partial charge in [0.2, 0.25) is 5.91 Å². The molecule has 2 aliphatic carbocycles. The second-order valence-corrected chi connectivity index (χ2v) is 7.73. The lowest BCUT2D eigenvalue weighted by atomic mass is 9.68. The van der Waals surface area contributed by atoms with E-state index in [0.29, 0.717) is 29.8 Å². The zero-order valence-corrected chi connectivity index (χ0v) is 14.5. The Bertz CT molecular complexity index is 616. The molecule has 0 radical (unpaired) electrons. The first-order valence-electron chi connectivity index (χ1n) is 8.74. The Morgan fingerprint density at radius 3 is 2.58 bits per heavy atom. The summed E-state index contributed by atoms with van der Waals surface area (Å²) in [5.41, 5.74) is 0.813. The van der Waals surface area contributed by atoms with Crippen molar-refractivity contribution in [1.82, 2.24) is 5.32 Å². The maximum Gasteiger partial charge on any atom is 0.303 e. The summed E-state index contributed by atoms with van der Waals surface area (Å²) < 4.78 is 0. The van der Waals surface area contributed by atoms with Crippen molar-refractivity contribution in [1.29, 1.82) is 0 Å². The van der Waals surface area contributed by atoms with Crippen LogP contribution < -0.4 is 5.32 Å². The molecule has 3 atom stereocenters. The number of carboxylic acids is 1. The number of nitrogens with one attached hydrogen (secondary N) is 1. The number of benzene rings is 1. The molecular weight excluding hydrogens is 326 g/mol. The molecule has 3 unspecified atom stereocenters. The van der Waals surface area contributed by atoms with Crippen LogP contribution >= 0.6 is 11.6 Å². The van der Waals surface area contributed by atoms with Gasteiger partial charge < -0.3 is 10.4 Å². The Balaban J connectivity index is 1.70. The second-order valence-electron chi connectivity index (χ2n) is 7.29. The Morgan fingerprint density at radius 1 is 1.25 bits per heavy atom. The van der Waals surface area contributed by atoms with E-state index in [1.54, 1.807) is 0 Å². The fourth-order valence-corrected chi connectivity index (χ4v) is 4.73. The third-order valence-electron chi connectivity index (χ3n) is 5.71. The molecule has 2 saturated carbocycles. The monoisotopic (exact) mass is 349 g/mol. The molecule has 1 aromatic rings. The molecule has 5 heteroatoms. The number of fused-ring (bicyclic) bond motifs is 2. The highest BCUT2D eigenvalue weighted by molar-refractivity contribution is 6.30. The number of hydrogen-bond acceptors (Lipinski definition) is 2. The minimum absolute atomic E-state index is 0.0938. The zero-order chi connectivity index (χ0) is 17.2. The molecule has 1 amide bonds. The highest BCUT2D eigenvalue weighted by atomic mass is 35.5. The number of amides is 1. The van der Waals surface area contributed by atoms with E-state index >= 15 is 0 Å². The van der Waals surface area contributed by atoms with Crippen molar-refractivity contribution in [2.45, 2.75) is 44.9 Å². The van der Waals surface area contributed by atoms with E-state index in [1.165, 1.54) is 6.42 Å². The number of carboxylic acid groups (broad SMARTS) is 1. The van der Waals surface area contributed by atoms with Crippen LogP contribution in [0.5, 0.6) is 0 Å². The van der Waals surface area contributed by atoms with Crippen molar-refractivity contribution in [3.05, 3.63) is 34.9 Å². The number of carbonyl (C=O) groups is 2. The first-order valence-corrected chi connectivity index (χ1v) is 9.12. The quantitative estimate of drug-likeness (QED) is 0.738. The summed E-state index contributed by atoms with van der Waals surface area (Å²) in [6.45, 7) is 0.435. The van der Waals surface area contributed by atoms with Gasteiger partial charge in [-0.1, -0.05) is 30.2 Å². The van der Waals surface area contributed by atoms with Crippen LogP contribution in [0.1, 0.15) is 44.1 Å². The molecule has 2 fully saturated rings. The van der Waals surface area contributed by atoms with Crippen LogP contribution in [0.15, 0.2) is 24.3 Å². The minimum Gasteiger partial charge on any atom is -0.481 e. The van der Waals surface area contributed by atoms with Gasteiger partial charge in [-0.3, -0.25) is 9.59 Å². The van der Waals surface area contributed by atoms with Gasteiger partial charge in [0.25, 0.3) is 0 Å². The highest BCUT2D eigenvalue weighted by Gasteiger charge is 2.55. The van der Waals surface area contributed by atoms with Crippen molar-refractivity contribution in [3.63, 3.8) is 0 Å². The van der Waals surface area contributed by atoms with Crippen LogP contribution in [0.4, 0.5) is 0 Å². The van der Waals surface area contributed by atoms with Crippen molar-refractivity contribution >= 4 is 23.5 Å². The van der Waals surface area contributed by atoms with Crippen molar-refractivity contribution < 1.29 is 14.7 Å². The zero-order valence-electron chi connectivity index (χ0n) is 13.8. The van der Waals surface area contributed by atoms with Crippen LogP contribution in [0.3, 0.4) is 0 Å². The van der Waals surface area contributed by atoms with E-state index < -0.39 is 5.97 Å². The fourth-order valence-electron chi connectivity index (χ4n) is 4.60. The Kier molecular flexibility index (Phi) is 5.14. The van der Waals surface area contributed by atoms with Gasteiger partial charge in [0, 0.05) is 18.0 Å². The molecule has 2 bridgehead atoms. The second kappa shape index (κ2) is 7.14. The number of hydrogen-bond donors (Lipinski definition) is 2. The predicted octanol–water partition coefficient (Wildman–Crippen LogP) is 3.67. The first kappa shape index (κ1) is 17.3. The number of rotatable bonds is 7. The molecule has 4 nitrogen and oxygen atoms in total. The van der Waals surface area contributed by atoms with E-state index in [2.05, 4.69) is 5.32 Å². The summed E-state index contributed by atoms with van der Waals surface area (Å²) in [4.78, 5) is 23.6. The van der Waals surface area contributed by atoms with Crippen molar-refractivity contribution in [2.75, 3.05) is 6.54 Å². The molecule has 2 aliphatic rings. The Labute approximate surface area is 147 Å². The largest absolute Gasteiger partial charge is 0.481 e. The van der Waals surface area contributed by atoms with Gasteiger partial charge >= 0.3 is 5.97 Å². The lowest BCUT2D eigenvalue weighted by molar-refractivity contribution is -0.138. The molecule has 2 N–H and O–H groups in total. The molecule has 0 aliphatic heterocycles. The lowest BCUT2D eigenvalue weighted by Crippen LogP contribution is -2.46. The molecule has 3 rings (SSSR count). The maximum atomic E-state index is 13.0. The van der Waals surface area contributed by atoms with E-state index in [0.717, 1.165) is 31.2 Å². The smallest absolute Gasteiger partial charge is 0.303 e. The third-order valence-corrected chi connectivity index (χ3v) is 5.97. The van der Waals surface area contributed by atoms with Crippen molar-refractivity contribution in [3.8, 4) is 0 Å². The van der Waals surface area contributed by atoms with Crippen LogP contribution in [-0.2, 0) is 16.0 Å². The van der Waals surface area contributed by atoms with Gasteiger partial charge in [-0.15, -0.1) is 0 Å². The van der Waals surface area contributed by atoms with Gasteiger partial charge in [0.05, 0.1) is 5.41 Å². The number of halogens is 1. The van der Waals surface area contributed by atoms with Crippen LogP contribution in [-0.4, -0.2) is 23.5 Å². The average Bonchev–Trinajstić information content (AvgIpc) is 3.15. The summed E-state index contributed by atoms with van der Waals surface area (Å²) in [7, 11) is 0. The summed E-state index contributed by atoms with van der Waals surface area (Å²) in [5, 5.41) is 12.4. The summed E-state index contributed by atoms with van der Waals surface area (Å²) in [6.07, 6.45) is 5.78. The molecular formula is C19H24ClNO3.